The Hall–Kier alpha value is -0.570. The van der Waals surface area contributed by atoms with Crippen molar-refractivity contribution in [1.82, 2.24) is 0 Å². The van der Waals surface area contributed by atoms with Gasteiger partial charge < -0.3 is 9.47 Å². The van der Waals surface area contributed by atoms with E-state index in [1.165, 1.54) is 0 Å². The van der Waals surface area contributed by atoms with Crippen LogP contribution in [-0.4, -0.2) is 25.3 Å². The molecule has 0 N–H and O–H groups in total. The molecule has 0 amide bonds. The summed E-state index contributed by atoms with van der Waals surface area (Å²) in [6, 6.07) is 0. The van der Waals surface area contributed by atoms with Gasteiger partial charge in [0.2, 0.25) is 0 Å². The van der Waals surface area contributed by atoms with Gasteiger partial charge >= 0.3 is 5.97 Å². The van der Waals surface area contributed by atoms with Crippen molar-refractivity contribution in [2.75, 3.05) is 13.2 Å². The number of esters is 1. The number of carbonyl (C=O) groups excluding carboxylic acids is 1. The first-order chi connectivity index (χ1) is 10.0. The summed E-state index contributed by atoms with van der Waals surface area (Å²) in [6.45, 7) is 16.3. The molecule has 0 radical (unpaired) electrons. The van der Waals surface area contributed by atoms with E-state index in [4.69, 9.17) is 9.47 Å². The van der Waals surface area contributed by atoms with Gasteiger partial charge in [0, 0.05) is 5.92 Å². The Balaban J connectivity index is 2.50. The van der Waals surface area contributed by atoms with Crippen molar-refractivity contribution in [3.8, 4) is 0 Å². The van der Waals surface area contributed by atoms with E-state index < -0.39 is 0 Å². The molecule has 1 saturated heterocycles. The minimum Gasteiger partial charge on any atom is -0.465 e. The van der Waals surface area contributed by atoms with Crippen molar-refractivity contribution < 1.29 is 14.3 Å². The van der Waals surface area contributed by atoms with Crippen molar-refractivity contribution in [3.05, 3.63) is 0 Å². The predicted molar refractivity (Wildman–Crippen MR) is 90.7 cm³/mol. The Morgan fingerprint density at radius 3 is 2.23 bits per heavy atom. The zero-order chi connectivity index (χ0) is 17.0. The Bertz CT molecular complexity index is 341. The Morgan fingerprint density at radius 2 is 1.82 bits per heavy atom. The molecule has 3 heteroatoms. The van der Waals surface area contributed by atoms with E-state index in [0.717, 1.165) is 32.3 Å². The third-order valence-corrected chi connectivity index (χ3v) is 4.53. The van der Waals surface area contributed by atoms with Crippen molar-refractivity contribution in [2.24, 2.45) is 22.7 Å². The summed E-state index contributed by atoms with van der Waals surface area (Å²) in [6.07, 6.45) is 4.52. The molecule has 1 aliphatic rings. The van der Waals surface area contributed by atoms with Crippen LogP contribution in [0.2, 0.25) is 0 Å². The molecule has 3 nitrogen and oxygen atoms in total. The SMILES string of the molecule is CCC1CCC(COC(=O)C(CC(C)(C)C)C(C)(C)C)CO1. The lowest BCUT2D eigenvalue weighted by atomic mass is 9.72. The molecule has 3 atom stereocenters. The van der Waals surface area contributed by atoms with Crippen LogP contribution in [0.4, 0.5) is 0 Å². The average Bonchev–Trinajstić information content (AvgIpc) is 2.40. The molecule has 0 aromatic heterocycles. The smallest absolute Gasteiger partial charge is 0.309 e. The molecular formula is C19H36O3. The third-order valence-electron chi connectivity index (χ3n) is 4.53. The molecule has 1 heterocycles. The molecular weight excluding hydrogens is 276 g/mol. The standard InChI is InChI=1S/C19H36O3/c1-8-15-10-9-14(12-21-15)13-22-17(20)16(19(5,6)7)11-18(2,3)4/h14-16H,8-13H2,1-7H3. The molecule has 0 spiro atoms. The molecule has 22 heavy (non-hydrogen) atoms. The fourth-order valence-electron chi connectivity index (χ4n) is 2.97. The number of rotatable bonds is 5. The fourth-order valence-corrected chi connectivity index (χ4v) is 2.97. The van der Waals surface area contributed by atoms with Gasteiger partial charge in [-0.05, 0) is 36.5 Å². The maximum absolute atomic E-state index is 12.6. The molecule has 130 valence electrons. The van der Waals surface area contributed by atoms with Gasteiger partial charge in [-0.15, -0.1) is 0 Å². The van der Waals surface area contributed by atoms with Gasteiger partial charge in [-0.25, -0.2) is 0 Å². The van der Waals surface area contributed by atoms with Crippen LogP contribution in [0.15, 0.2) is 0 Å². The molecule has 1 fully saturated rings. The summed E-state index contributed by atoms with van der Waals surface area (Å²) in [5.41, 5.74) is 0.0556. The van der Waals surface area contributed by atoms with Gasteiger partial charge in [-0.1, -0.05) is 48.5 Å². The molecule has 3 unspecified atom stereocenters. The zero-order valence-electron chi connectivity index (χ0n) is 15.7. The van der Waals surface area contributed by atoms with E-state index in [0.29, 0.717) is 18.6 Å². The predicted octanol–water partition coefficient (Wildman–Crippen LogP) is 4.83. The zero-order valence-corrected chi connectivity index (χ0v) is 15.7. The van der Waals surface area contributed by atoms with Crippen LogP contribution in [0, 0.1) is 22.7 Å². The summed E-state index contributed by atoms with van der Waals surface area (Å²) < 4.78 is 11.5. The van der Waals surface area contributed by atoms with E-state index in [1.54, 1.807) is 0 Å². The van der Waals surface area contributed by atoms with Crippen LogP contribution in [0.25, 0.3) is 0 Å². The molecule has 0 aromatic carbocycles. The lowest BCUT2D eigenvalue weighted by Crippen LogP contribution is -2.35. The second kappa shape index (κ2) is 7.81. The first kappa shape index (κ1) is 19.5. The Labute approximate surface area is 137 Å². The van der Waals surface area contributed by atoms with Crippen molar-refractivity contribution >= 4 is 5.97 Å². The van der Waals surface area contributed by atoms with Gasteiger partial charge in [0.25, 0.3) is 0 Å². The highest BCUT2D eigenvalue weighted by molar-refractivity contribution is 5.73. The molecule has 0 bridgehead atoms. The third kappa shape index (κ3) is 6.68. The van der Waals surface area contributed by atoms with E-state index in [2.05, 4.69) is 48.5 Å². The van der Waals surface area contributed by atoms with Crippen molar-refractivity contribution in [2.45, 2.75) is 80.3 Å². The second-order valence-electron chi connectivity index (χ2n) is 9.12. The molecule has 0 saturated carbocycles. The first-order valence-electron chi connectivity index (χ1n) is 8.81. The summed E-state index contributed by atoms with van der Waals surface area (Å²) in [5.74, 6) is 0.266. The second-order valence-corrected chi connectivity index (χ2v) is 9.12. The van der Waals surface area contributed by atoms with Gasteiger partial charge in [0.1, 0.15) is 0 Å². The number of carbonyl (C=O) groups is 1. The summed E-state index contributed by atoms with van der Waals surface area (Å²) in [5, 5.41) is 0. The lowest BCUT2D eigenvalue weighted by molar-refractivity contribution is -0.157. The molecule has 1 rings (SSSR count). The number of hydrogen-bond donors (Lipinski definition) is 0. The largest absolute Gasteiger partial charge is 0.465 e. The van der Waals surface area contributed by atoms with Crippen LogP contribution in [0.5, 0.6) is 0 Å². The average molecular weight is 312 g/mol. The highest BCUT2D eigenvalue weighted by Crippen LogP contribution is 2.37. The van der Waals surface area contributed by atoms with Crippen molar-refractivity contribution in [3.63, 3.8) is 0 Å². The maximum atomic E-state index is 12.6. The van der Waals surface area contributed by atoms with Gasteiger partial charge in [0.05, 0.1) is 25.2 Å². The Kier molecular flexibility index (Phi) is 6.91. The molecule has 0 aliphatic carbocycles. The summed E-state index contributed by atoms with van der Waals surface area (Å²) in [4.78, 5) is 12.6. The van der Waals surface area contributed by atoms with E-state index >= 15 is 0 Å². The fraction of sp³-hybridized carbons (Fsp3) is 0.947. The van der Waals surface area contributed by atoms with Gasteiger partial charge in [-0.2, -0.15) is 0 Å². The highest BCUT2D eigenvalue weighted by Gasteiger charge is 2.36. The maximum Gasteiger partial charge on any atom is 0.309 e. The minimum absolute atomic E-state index is 0.0416. The highest BCUT2D eigenvalue weighted by atomic mass is 16.5. The van der Waals surface area contributed by atoms with Gasteiger partial charge in [-0.3, -0.25) is 4.79 Å². The Morgan fingerprint density at radius 1 is 1.18 bits per heavy atom. The molecule has 0 aromatic rings. The molecule has 1 aliphatic heterocycles. The summed E-state index contributed by atoms with van der Waals surface area (Å²) in [7, 11) is 0. The monoisotopic (exact) mass is 312 g/mol. The topological polar surface area (TPSA) is 35.5 Å². The quantitative estimate of drug-likeness (QED) is 0.682. The number of ether oxygens (including phenoxy) is 2. The van der Waals surface area contributed by atoms with E-state index in [1.807, 2.05) is 0 Å². The van der Waals surface area contributed by atoms with Crippen LogP contribution in [0.1, 0.15) is 74.1 Å². The van der Waals surface area contributed by atoms with Crippen LogP contribution < -0.4 is 0 Å². The normalized spacial score (nSPS) is 24.9. The van der Waals surface area contributed by atoms with E-state index in [-0.39, 0.29) is 22.7 Å². The minimum atomic E-state index is -0.0687. The number of hydrogen-bond acceptors (Lipinski definition) is 3. The van der Waals surface area contributed by atoms with Gasteiger partial charge in [0.15, 0.2) is 0 Å². The van der Waals surface area contributed by atoms with Crippen LogP contribution in [0.3, 0.4) is 0 Å². The van der Waals surface area contributed by atoms with Crippen LogP contribution in [-0.2, 0) is 14.3 Å². The summed E-state index contributed by atoms with van der Waals surface area (Å²) >= 11 is 0. The van der Waals surface area contributed by atoms with Crippen LogP contribution >= 0.6 is 0 Å². The van der Waals surface area contributed by atoms with E-state index in [9.17, 15) is 4.79 Å². The van der Waals surface area contributed by atoms with Crippen molar-refractivity contribution in [1.29, 1.82) is 0 Å². The first-order valence-corrected chi connectivity index (χ1v) is 8.81. The lowest BCUT2D eigenvalue weighted by Gasteiger charge is -2.34.